The first-order valence-electron chi connectivity index (χ1n) is 9.78. The van der Waals surface area contributed by atoms with Crippen molar-refractivity contribution in [2.75, 3.05) is 10.7 Å². The number of rotatable bonds is 4. The SMILES string of the molecule is CCc1nnc2n1N[C@H](c1ccc(C)cc1)[C@@H](C(=O)Nc1ccc(C)cc1C)S2. The minimum Gasteiger partial charge on any atom is -0.325 e. The summed E-state index contributed by atoms with van der Waals surface area (Å²) in [4.78, 5) is 13.3. The molecular weight excluding hydrogens is 382 g/mol. The van der Waals surface area contributed by atoms with E-state index in [0.717, 1.165) is 29.1 Å². The summed E-state index contributed by atoms with van der Waals surface area (Å²) in [5, 5.41) is 12.0. The van der Waals surface area contributed by atoms with Gasteiger partial charge in [0, 0.05) is 12.1 Å². The molecular formula is C22H25N5OS. The number of hydrogen-bond donors (Lipinski definition) is 2. The number of fused-ring (bicyclic) bond motifs is 1. The second kappa shape index (κ2) is 7.91. The average molecular weight is 408 g/mol. The molecule has 2 atom stereocenters. The number of aromatic nitrogens is 3. The van der Waals surface area contributed by atoms with Gasteiger partial charge >= 0.3 is 0 Å². The average Bonchev–Trinajstić information content (AvgIpc) is 3.12. The Morgan fingerprint density at radius 1 is 1.10 bits per heavy atom. The zero-order valence-corrected chi connectivity index (χ0v) is 17.9. The molecule has 6 nitrogen and oxygen atoms in total. The van der Waals surface area contributed by atoms with E-state index < -0.39 is 0 Å². The van der Waals surface area contributed by atoms with Crippen LogP contribution in [0.25, 0.3) is 0 Å². The summed E-state index contributed by atoms with van der Waals surface area (Å²) < 4.78 is 1.91. The first-order valence-corrected chi connectivity index (χ1v) is 10.7. The molecule has 0 aliphatic carbocycles. The molecule has 0 spiro atoms. The Morgan fingerprint density at radius 3 is 2.52 bits per heavy atom. The fourth-order valence-electron chi connectivity index (χ4n) is 3.51. The van der Waals surface area contributed by atoms with E-state index in [0.29, 0.717) is 5.16 Å². The first-order chi connectivity index (χ1) is 14.0. The number of amides is 1. The van der Waals surface area contributed by atoms with Gasteiger partial charge in [0.1, 0.15) is 5.25 Å². The lowest BCUT2D eigenvalue weighted by Crippen LogP contribution is -2.41. The second-order valence-corrected chi connectivity index (χ2v) is 8.56. The third-order valence-corrected chi connectivity index (χ3v) is 6.37. The number of nitrogens with zero attached hydrogens (tertiary/aromatic N) is 3. The predicted octanol–water partition coefficient (Wildman–Crippen LogP) is 4.16. The number of carbonyl (C=O) groups excluding carboxylic acids is 1. The lowest BCUT2D eigenvalue weighted by atomic mass is 10.0. The Morgan fingerprint density at radius 2 is 1.83 bits per heavy atom. The second-order valence-electron chi connectivity index (χ2n) is 7.45. The molecule has 0 saturated carbocycles. The highest BCUT2D eigenvalue weighted by Gasteiger charge is 2.37. The number of carbonyl (C=O) groups is 1. The van der Waals surface area contributed by atoms with Crippen LogP contribution in [0.2, 0.25) is 0 Å². The largest absolute Gasteiger partial charge is 0.325 e. The molecule has 2 N–H and O–H groups in total. The third kappa shape index (κ3) is 3.87. The molecule has 7 heteroatoms. The van der Waals surface area contributed by atoms with E-state index in [9.17, 15) is 4.79 Å². The smallest absolute Gasteiger partial charge is 0.240 e. The van der Waals surface area contributed by atoms with Crippen molar-refractivity contribution in [3.8, 4) is 0 Å². The minimum absolute atomic E-state index is 0.0488. The summed E-state index contributed by atoms with van der Waals surface area (Å²) in [6.07, 6.45) is 0.764. The molecule has 2 heterocycles. The molecule has 0 fully saturated rings. The van der Waals surface area contributed by atoms with Crippen molar-refractivity contribution in [3.63, 3.8) is 0 Å². The summed E-state index contributed by atoms with van der Waals surface area (Å²) in [7, 11) is 0. The fraction of sp³-hybridized carbons (Fsp3) is 0.318. The molecule has 0 saturated heterocycles. The topological polar surface area (TPSA) is 71.8 Å². The van der Waals surface area contributed by atoms with Gasteiger partial charge in [0.05, 0.1) is 6.04 Å². The molecule has 1 aliphatic rings. The van der Waals surface area contributed by atoms with Gasteiger partial charge in [-0.1, -0.05) is 66.2 Å². The molecule has 0 unspecified atom stereocenters. The van der Waals surface area contributed by atoms with E-state index >= 15 is 0 Å². The zero-order chi connectivity index (χ0) is 20.5. The molecule has 2 aromatic carbocycles. The normalized spacial score (nSPS) is 18.1. The number of aryl methyl sites for hydroxylation is 4. The maximum atomic E-state index is 13.3. The van der Waals surface area contributed by atoms with E-state index in [2.05, 4.69) is 58.2 Å². The molecule has 1 aliphatic heterocycles. The first kappa shape index (κ1) is 19.5. The minimum atomic E-state index is -0.375. The zero-order valence-electron chi connectivity index (χ0n) is 17.1. The van der Waals surface area contributed by atoms with E-state index in [4.69, 9.17) is 0 Å². The molecule has 150 valence electrons. The van der Waals surface area contributed by atoms with Crippen LogP contribution in [0.5, 0.6) is 0 Å². The van der Waals surface area contributed by atoms with Crippen molar-refractivity contribution >= 4 is 23.4 Å². The molecule has 0 radical (unpaired) electrons. The highest BCUT2D eigenvalue weighted by atomic mass is 32.2. The Balaban J connectivity index is 1.67. The molecule has 29 heavy (non-hydrogen) atoms. The van der Waals surface area contributed by atoms with E-state index in [1.807, 2.05) is 37.6 Å². The van der Waals surface area contributed by atoms with Crippen LogP contribution in [-0.2, 0) is 11.2 Å². The highest BCUT2D eigenvalue weighted by Crippen LogP contribution is 2.37. The van der Waals surface area contributed by atoms with Crippen molar-refractivity contribution in [3.05, 3.63) is 70.5 Å². The number of thioether (sulfide) groups is 1. The Hall–Kier alpha value is -2.80. The highest BCUT2D eigenvalue weighted by molar-refractivity contribution is 8.00. The van der Waals surface area contributed by atoms with Crippen molar-refractivity contribution < 1.29 is 4.79 Å². The van der Waals surface area contributed by atoms with Crippen LogP contribution in [0.3, 0.4) is 0 Å². The van der Waals surface area contributed by atoms with Crippen LogP contribution in [0.4, 0.5) is 5.69 Å². The Bertz CT molecular complexity index is 1040. The quantitative estimate of drug-likeness (QED) is 0.679. The molecule has 1 aromatic heterocycles. The van der Waals surface area contributed by atoms with Crippen molar-refractivity contribution in [1.82, 2.24) is 14.9 Å². The van der Waals surface area contributed by atoms with Crippen LogP contribution in [0, 0.1) is 20.8 Å². The molecule has 4 rings (SSSR count). The van der Waals surface area contributed by atoms with E-state index in [1.165, 1.54) is 22.9 Å². The maximum Gasteiger partial charge on any atom is 0.240 e. The monoisotopic (exact) mass is 407 g/mol. The molecule has 3 aromatic rings. The van der Waals surface area contributed by atoms with Gasteiger partial charge in [0.25, 0.3) is 0 Å². The van der Waals surface area contributed by atoms with E-state index in [1.54, 1.807) is 0 Å². The predicted molar refractivity (Wildman–Crippen MR) is 117 cm³/mol. The standard InChI is InChI=1S/C22H25N5OS/c1-5-18-24-25-22-27(18)26-19(16-9-6-13(2)7-10-16)20(29-22)21(28)23-17-11-8-14(3)12-15(17)4/h6-12,19-20,26H,5H2,1-4H3,(H,23,28)/t19-,20+/m1/s1. The lowest BCUT2D eigenvalue weighted by Gasteiger charge is -2.33. The molecule has 1 amide bonds. The Kier molecular flexibility index (Phi) is 5.32. The number of anilines is 1. The van der Waals surface area contributed by atoms with Gasteiger partial charge in [0.15, 0.2) is 5.82 Å². The summed E-state index contributed by atoms with van der Waals surface area (Å²) in [6.45, 7) is 8.16. The summed E-state index contributed by atoms with van der Waals surface area (Å²) in [6, 6.07) is 14.1. The maximum absolute atomic E-state index is 13.3. The van der Waals surface area contributed by atoms with Gasteiger partial charge in [-0.2, -0.15) is 0 Å². The van der Waals surface area contributed by atoms with Gasteiger partial charge in [-0.3, -0.25) is 4.79 Å². The lowest BCUT2D eigenvalue weighted by molar-refractivity contribution is -0.116. The fourth-order valence-corrected chi connectivity index (χ4v) is 4.61. The summed E-state index contributed by atoms with van der Waals surface area (Å²) >= 11 is 1.45. The van der Waals surface area contributed by atoms with Crippen molar-refractivity contribution in [1.29, 1.82) is 0 Å². The van der Waals surface area contributed by atoms with Crippen molar-refractivity contribution in [2.24, 2.45) is 0 Å². The van der Waals surface area contributed by atoms with E-state index in [-0.39, 0.29) is 17.2 Å². The molecule has 0 bridgehead atoms. The third-order valence-electron chi connectivity index (χ3n) is 5.15. The number of nitrogens with one attached hydrogen (secondary N) is 2. The van der Waals surface area contributed by atoms with Gasteiger partial charge in [-0.05, 0) is 38.0 Å². The van der Waals surface area contributed by atoms with Crippen LogP contribution in [0.15, 0.2) is 47.6 Å². The van der Waals surface area contributed by atoms with Gasteiger partial charge in [-0.25, -0.2) is 4.68 Å². The summed E-state index contributed by atoms with van der Waals surface area (Å²) in [5.41, 5.74) is 8.79. The van der Waals surface area contributed by atoms with Gasteiger partial charge in [-0.15, -0.1) is 10.2 Å². The van der Waals surface area contributed by atoms with Crippen LogP contribution in [-0.4, -0.2) is 26.0 Å². The van der Waals surface area contributed by atoms with Crippen molar-refractivity contribution in [2.45, 2.75) is 50.6 Å². The van der Waals surface area contributed by atoms with Crippen LogP contribution in [0.1, 0.15) is 41.0 Å². The van der Waals surface area contributed by atoms with Crippen LogP contribution < -0.4 is 10.7 Å². The summed E-state index contributed by atoms with van der Waals surface area (Å²) in [5.74, 6) is 0.810. The number of hydrogen-bond acceptors (Lipinski definition) is 5. The Labute approximate surface area is 175 Å². The van der Waals surface area contributed by atoms with Crippen LogP contribution >= 0.6 is 11.8 Å². The number of benzene rings is 2. The van der Waals surface area contributed by atoms with Gasteiger partial charge in [0.2, 0.25) is 11.1 Å². The van der Waals surface area contributed by atoms with Gasteiger partial charge < -0.3 is 10.7 Å².